The molecule has 2 N–H and O–H groups in total. The zero-order chi connectivity index (χ0) is 18.0. The van der Waals surface area contributed by atoms with Crippen LogP contribution in [0.1, 0.15) is 31.2 Å². The fourth-order valence-electron chi connectivity index (χ4n) is 2.39. The molecular weight excluding hydrogens is 364 g/mol. The summed E-state index contributed by atoms with van der Waals surface area (Å²) >= 11 is 1.14. The van der Waals surface area contributed by atoms with Gasteiger partial charge in [-0.3, -0.25) is 9.52 Å². The maximum absolute atomic E-state index is 12.5. The number of nitrogens with one attached hydrogen (secondary N) is 2. The summed E-state index contributed by atoms with van der Waals surface area (Å²) < 4.78 is 33.0. The number of sulfonamides is 1. The predicted octanol–water partition coefficient (Wildman–Crippen LogP) is 2.54. The Morgan fingerprint density at radius 3 is 2.84 bits per heavy atom. The van der Waals surface area contributed by atoms with Crippen LogP contribution in [-0.2, 0) is 14.8 Å². The lowest BCUT2D eigenvalue weighted by atomic mass is 10.1. The summed E-state index contributed by atoms with van der Waals surface area (Å²) in [5, 5.41) is 11.1. The number of carbonyl (C=O) groups excluding carboxylic acids is 1. The first-order valence-corrected chi connectivity index (χ1v) is 10.1. The first-order chi connectivity index (χ1) is 11.9. The number of unbranched alkanes of at least 4 members (excludes halogenated alkanes) is 1. The molecule has 25 heavy (non-hydrogen) atoms. The molecule has 2 heterocycles. The highest BCUT2D eigenvalue weighted by molar-refractivity contribution is 7.93. The highest BCUT2D eigenvalue weighted by atomic mass is 32.2. The van der Waals surface area contributed by atoms with Gasteiger partial charge in [-0.1, -0.05) is 24.7 Å². The van der Waals surface area contributed by atoms with Gasteiger partial charge in [0.15, 0.2) is 6.10 Å². The fourth-order valence-corrected chi connectivity index (χ4v) is 4.24. The average Bonchev–Trinajstić information content (AvgIpc) is 2.96. The maximum Gasteiger partial charge on any atom is 0.265 e. The maximum atomic E-state index is 12.5. The quantitative estimate of drug-likeness (QED) is 0.794. The van der Waals surface area contributed by atoms with Crippen LogP contribution in [0, 0.1) is 6.92 Å². The summed E-state index contributed by atoms with van der Waals surface area (Å²) in [4.78, 5) is 12.1. The van der Waals surface area contributed by atoms with Gasteiger partial charge in [0.1, 0.15) is 10.8 Å². The lowest BCUT2D eigenvalue weighted by Crippen LogP contribution is -2.37. The van der Waals surface area contributed by atoms with E-state index in [4.69, 9.17) is 4.74 Å². The molecule has 0 saturated heterocycles. The molecule has 0 bridgehead atoms. The van der Waals surface area contributed by atoms with E-state index in [1.807, 2.05) is 6.92 Å². The molecule has 0 fully saturated rings. The number of benzene rings is 1. The second-order valence-corrected chi connectivity index (χ2v) is 8.49. The van der Waals surface area contributed by atoms with Gasteiger partial charge in [0.2, 0.25) is 5.13 Å². The number of anilines is 2. The molecule has 0 unspecified atom stereocenters. The number of carbonyl (C=O) groups is 1. The molecule has 1 aromatic carbocycles. The van der Waals surface area contributed by atoms with Gasteiger partial charge in [0.05, 0.1) is 10.6 Å². The van der Waals surface area contributed by atoms with Crippen molar-refractivity contribution in [3.63, 3.8) is 0 Å². The Labute approximate surface area is 149 Å². The molecule has 1 aliphatic heterocycles. The monoisotopic (exact) mass is 382 g/mol. The summed E-state index contributed by atoms with van der Waals surface area (Å²) in [6.45, 7) is 3.77. The van der Waals surface area contributed by atoms with Crippen molar-refractivity contribution in [2.45, 2.75) is 44.1 Å². The third-order valence-electron chi connectivity index (χ3n) is 3.65. The fraction of sp³-hybridized carbons (Fsp3) is 0.400. The molecule has 1 atom stereocenters. The van der Waals surface area contributed by atoms with Crippen LogP contribution in [0.3, 0.4) is 0 Å². The summed E-state index contributed by atoms with van der Waals surface area (Å²) in [5.74, 6) is 0.203. The number of aromatic nitrogens is 2. The zero-order valence-corrected chi connectivity index (χ0v) is 15.4. The SMILES string of the molecule is CCCC[C@H]1Oc2ccc(S(=O)(=O)Nc3nnc(C)s3)cc2NC1=O. The van der Waals surface area contributed by atoms with Crippen LogP contribution >= 0.6 is 11.3 Å². The minimum absolute atomic E-state index is 0.00927. The van der Waals surface area contributed by atoms with E-state index < -0.39 is 16.1 Å². The molecule has 2 aromatic rings. The largest absolute Gasteiger partial charge is 0.478 e. The Morgan fingerprint density at radius 1 is 1.36 bits per heavy atom. The van der Waals surface area contributed by atoms with Gasteiger partial charge < -0.3 is 10.1 Å². The molecule has 3 rings (SSSR count). The van der Waals surface area contributed by atoms with Crippen molar-refractivity contribution < 1.29 is 17.9 Å². The van der Waals surface area contributed by atoms with E-state index in [0.717, 1.165) is 24.2 Å². The molecule has 1 amide bonds. The van der Waals surface area contributed by atoms with Crippen molar-refractivity contribution in [2.75, 3.05) is 10.0 Å². The van der Waals surface area contributed by atoms with Crippen LogP contribution in [0.5, 0.6) is 5.75 Å². The minimum atomic E-state index is -3.83. The molecule has 0 saturated carbocycles. The van der Waals surface area contributed by atoms with Crippen LogP contribution < -0.4 is 14.8 Å². The molecule has 0 radical (unpaired) electrons. The van der Waals surface area contributed by atoms with Crippen molar-refractivity contribution in [3.8, 4) is 5.75 Å². The van der Waals surface area contributed by atoms with Gasteiger partial charge in [-0.25, -0.2) is 8.42 Å². The second-order valence-electron chi connectivity index (χ2n) is 5.63. The van der Waals surface area contributed by atoms with Crippen LogP contribution in [0.25, 0.3) is 0 Å². The average molecular weight is 382 g/mol. The predicted molar refractivity (Wildman–Crippen MR) is 94.5 cm³/mol. The Balaban J connectivity index is 1.82. The van der Waals surface area contributed by atoms with Crippen molar-refractivity contribution in [3.05, 3.63) is 23.2 Å². The number of fused-ring (bicyclic) bond motifs is 1. The summed E-state index contributed by atoms with van der Waals surface area (Å²) in [6, 6.07) is 4.36. The summed E-state index contributed by atoms with van der Waals surface area (Å²) in [5.41, 5.74) is 0.342. The van der Waals surface area contributed by atoms with E-state index in [-0.39, 0.29) is 15.9 Å². The van der Waals surface area contributed by atoms with Crippen LogP contribution in [0.15, 0.2) is 23.1 Å². The van der Waals surface area contributed by atoms with E-state index >= 15 is 0 Å². The van der Waals surface area contributed by atoms with Crippen molar-refractivity contribution in [1.29, 1.82) is 0 Å². The van der Waals surface area contributed by atoms with Gasteiger partial charge in [0.25, 0.3) is 15.9 Å². The number of rotatable bonds is 6. The summed E-state index contributed by atoms with van der Waals surface area (Å²) in [7, 11) is -3.83. The molecule has 0 aliphatic carbocycles. The van der Waals surface area contributed by atoms with E-state index in [2.05, 4.69) is 20.2 Å². The number of nitrogens with zero attached hydrogens (tertiary/aromatic N) is 2. The Kier molecular flexibility index (Phi) is 4.91. The third-order valence-corrected chi connectivity index (χ3v) is 5.87. The molecule has 10 heteroatoms. The first-order valence-electron chi connectivity index (χ1n) is 7.83. The molecule has 1 aliphatic rings. The molecule has 134 valence electrons. The summed E-state index contributed by atoms with van der Waals surface area (Å²) in [6.07, 6.45) is 1.93. The van der Waals surface area contributed by atoms with Gasteiger partial charge in [-0.15, -0.1) is 10.2 Å². The molecule has 1 aromatic heterocycles. The van der Waals surface area contributed by atoms with E-state index in [0.29, 0.717) is 22.9 Å². The molecule has 8 nitrogen and oxygen atoms in total. The van der Waals surface area contributed by atoms with E-state index in [1.54, 1.807) is 13.0 Å². The van der Waals surface area contributed by atoms with Crippen molar-refractivity contribution in [1.82, 2.24) is 10.2 Å². The first kappa shape index (κ1) is 17.6. The lowest BCUT2D eigenvalue weighted by Gasteiger charge is -2.26. The number of hydrogen-bond acceptors (Lipinski definition) is 7. The number of hydrogen-bond donors (Lipinski definition) is 2. The minimum Gasteiger partial charge on any atom is -0.478 e. The van der Waals surface area contributed by atoms with E-state index in [1.165, 1.54) is 12.1 Å². The highest BCUT2D eigenvalue weighted by Gasteiger charge is 2.28. The van der Waals surface area contributed by atoms with Crippen molar-refractivity contribution >= 4 is 38.1 Å². The van der Waals surface area contributed by atoms with Gasteiger partial charge >= 0.3 is 0 Å². The van der Waals surface area contributed by atoms with Crippen LogP contribution in [-0.4, -0.2) is 30.6 Å². The Bertz CT molecular complexity index is 895. The highest BCUT2D eigenvalue weighted by Crippen LogP contribution is 2.33. The van der Waals surface area contributed by atoms with Gasteiger partial charge in [0, 0.05) is 0 Å². The van der Waals surface area contributed by atoms with Crippen LogP contribution in [0.4, 0.5) is 10.8 Å². The van der Waals surface area contributed by atoms with Gasteiger partial charge in [-0.2, -0.15) is 0 Å². The molecule has 0 spiro atoms. The van der Waals surface area contributed by atoms with Crippen molar-refractivity contribution in [2.24, 2.45) is 0 Å². The Hall–Kier alpha value is -2.20. The molecular formula is C15H18N4O4S2. The third kappa shape index (κ3) is 3.90. The normalized spacial score (nSPS) is 16.7. The van der Waals surface area contributed by atoms with Gasteiger partial charge in [-0.05, 0) is 38.0 Å². The topological polar surface area (TPSA) is 110 Å². The zero-order valence-electron chi connectivity index (χ0n) is 13.8. The van der Waals surface area contributed by atoms with E-state index in [9.17, 15) is 13.2 Å². The standard InChI is InChI=1S/C15H18N4O4S2/c1-3-4-5-13-14(20)16-11-8-10(6-7-12(11)23-13)25(21,22)19-15-18-17-9(2)24-15/h6-8,13H,3-5H2,1-2H3,(H,16,20)(H,18,19)/t13-/m1/s1. The lowest BCUT2D eigenvalue weighted by molar-refractivity contribution is -0.123. The second kappa shape index (κ2) is 6.96. The Morgan fingerprint density at radius 2 is 2.16 bits per heavy atom. The smallest absolute Gasteiger partial charge is 0.265 e. The number of amides is 1. The number of ether oxygens (including phenoxy) is 1. The number of aryl methyl sites for hydroxylation is 1. The van der Waals surface area contributed by atoms with Crippen LogP contribution in [0.2, 0.25) is 0 Å².